The summed E-state index contributed by atoms with van der Waals surface area (Å²) in [6, 6.07) is 1.08. The van der Waals surface area contributed by atoms with Crippen molar-refractivity contribution in [1.82, 2.24) is 26.0 Å². The van der Waals surface area contributed by atoms with Gasteiger partial charge in [0, 0.05) is 24.4 Å². The molecule has 1 saturated carbocycles. The number of nitrogens with one attached hydrogen (secondary N) is 3. The first-order valence-electron chi connectivity index (χ1n) is 6.66. The van der Waals surface area contributed by atoms with Gasteiger partial charge in [-0.1, -0.05) is 0 Å². The van der Waals surface area contributed by atoms with Crippen molar-refractivity contribution in [3.05, 3.63) is 11.6 Å². The molecule has 5 heteroatoms. The highest BCUT2D eigenvalue weighted by molar-refractivity contribution is 5.05. The number of hydrogen-bond donors (Lipinski definition) is 3. The van der Waals surface area contributed by atoms with E-state index in [0.29, 0.717) is 23.9 Å². The fraction of sp³-hybridized carbons (Fsp3) is 0.833. The van der Waals surface area contributed by atoms with Crippen LogP contribution in [0.3, 0.4) is 0 Å². The molecular formula is C12H21N5. The number of hydrazine groups is 1. The van der Waals surface area contributed by atoms with Gasteiger partial charge < -0.3 is 0 Å². The van der Waals surface area contributed by atoms with Crippen LogP contribution in [0.5, 0.6) is 0 Å². The average Bonchev–Trinajstić information content (AvgIpc) is 2.98. The Labute approximate surface area is 102 Å². The van der Waals surface area contributed by atoms with Gasteiger partial charge in [0.2, 0.25) is 0 Å². The third-order valence-electron chi connectivity index (χ3n) is 4.03. The predicted octanol–water partition coefficient (Wildman–Crippen LogP) is 1.12. The zero-order valence-corrected chi connectivity index (χ0v) is 10.5. The predicted molar refractivity (Wildman–Crippen MR) is 65.4 cm³/mol. The van der Waals surface area contributed by atoms with Crippen molar-refractivity contribution in [2.45, 2.75) is 57.5 Å². The first-order chi connectivity index (χ1) is 8.24. The fourth-order valence-electron chi connectivity index (χ4n) is 2.66. The molecule has 3 rings (SSSR count). The van der Waals surface area contributed by atoms with E-state index in [4.69, 9.17) is 0 Å². The number of nitrogens with zero attached hydrogens (tertiary/aromatic N) is 2. The highest BCUT2D eigenvalue weighted by atomic mass is 15.4. The molecule has 0 spiro atoms. The molecule has 0 bridgehead atoms. The second-order valence-electron chi connectivity index (χ2n) is 5.48. The van der Waals surface area contributed by atoms with E-state index in [9.17, 15) is 0 Å². The second-order valence-corrected chi connectivity index (χ2v) is 5.48. The van der Waals surface area contributed by atoms with Crippen LogP contribution in [0.25, 0.3) is 0 Å². The first kappa shape index (κ1) is 11.2. The molecule has 2 atom stereocenters. The molecule has 17 heavy (non-hydrogen) atoms. The van der Waals surface area contributed by atoms with Crippen LogP contribution in [-0.4, -0.2) is 27.3 Å². The minimum atomic E-state index is 0.538. The normalized spacial score (nSPS) is 33.2. The van der Waals surface area contributed by atoms with Gasteiger partial charge in [0.15, 0.2) is 5.82 Å². The van der Waals surface area contributed by atoms with E-state index in [0.717, 1.165) is 24.5 Å². The van der Waals surface area contributed by atoms with Gasteiger partial charge in [0.25, 0.3) is 0 Å². The topological polar surface area (TPSA) is 65.6 Å². The Bertz CT molecular complexity index is 374. The Balaban J connectivity index is 1.55. The van der Waals surface area contributed by atoms with E-state index in [1.54, 1.807) is 0 Å². The van der Waals surface area contributed by atoms with Gasteiger partial charge in [-0.15, -0.1) is 0 Å². The summed E-state index contributed by atoms with van der Waals surface area (Å²) in [4.78, 5) is 4.58. The zero-order chi connectivity index (χ0) is 11.8. The second kappa shape index (κ2) is 4.38. The van der Waals surface area contributed by atoms with E-state index < -0.39 is 0 Å². The molecule has 0 amide bonds. The minimum absolute atomic E-state index is 0.538. The van der Waals surface area contributed by atoms with Crippen LogP contribution < -0.4 is 10.9 Å². The molecule has 5 nitrogen and oxygen atoms in total. The van der Waals surface area contributed by atoms with Gasteiger partial charge in [-0.2, -0.15) is 5.10 Å². The summed E-state index contributed by atoms with van der Waals surface area (Å²) in [5.74, 6) is 3.40. The summed E-state index contributed by atoms with van der Waals surface area (Å²) in [5, 5.41) is 7.37. The molecule has 1 aliphatic carbocycles. The van der Waals surface area contributed by atoms with E-state index in [1.807, 2.05) is 0 Å². The van der Waals surface area contributed by atoms with E-state index in [1.165, 1.54) is 12.8 Å². The van der Waals surface area contributed by atoms with Crippen LogP contribution >= 0.6 is 0 Å². The lowest BCUT2D eigenvalue weighted by Crippen LogP contribution is -2.30. The van der Waals surface area contributed by atoms with Gasteiger partial charge in [-0.3, -0.25) is 16.0 Å². The summed E-state index contributed by atoms with van der Waals surface area (Å²) in [6.07, 6.45) is 4.69. The molecular weight excluding hydrogens is 214 g/mol. The summed E-state index contributed by atoms with van der Waals surface area (Å²) in [5.41, 5.74) is 6.59. The summed E-state index contributed by atoms with van der Waals surface area (Å²) >= 11 is 0. The number of aryl methyl sites for hydroxylation is 1. The maximum absolute atomic E-state index is 4.58. The molecule has 2 aliphatic rings. The van der Waals surface area contributed by atoms with Crippen LogP contribution in [0.1, 0.15) is 50.7 Å². The lowest BCUT2D eigenvalue weighted by Gasteiger charge is -2.16. The Hall–Kier alpha value is -0.940. The molecule has 1 aliphatic heterocycles. The Morgan fingerprint density at radius 2 is 1.88 bits per heavy atom. The summed E-state index contributed by atoms with van der Waals surface area (Å²) in [7, 11) is 0. The molecule has 1 aromatic rings. The van der Waals surface area contributed by atoms with Gasteiger partial charge >= 0.3 is 0 Å². The fourth-order valence-corrected chi connectivity index (χ4v) is 2.66. The standard InChI is InChI=1S/C12H21N5/c1-7-10(8(2)15-14-7)5-6-11-13-12(17-16-11)9-3-4-9/h7-10,14-15H,3-6H2,1-2H3,(H,13,16,17). The highest BCUT2D eigenvalue weighted by Crippen LogP contribution is 2.37. The number of rotatable bonds is 4. The lowest BCUT2D eigenvalue weighted by atomic mass is 9.91. The number of aromatic nitrogens is 3. The van der Waals surface area contributed by atoms with E-state index in [2.05, 4.69) is 39.9 Å². The Morgan fingerprint density at radius 3 is 2.53 bits per heavy atom. The van der Waals surface area contributed by atoms with Crippen LogP contribution in [0.4, 0.5) is 0 Å². The summed E-state index contributed by atoms with van der Waals surface area (Å²) < 4.78 is 0. The highest BCUT2D eigenvalue weighted by Gasteiger charge is 2.30. The number of H-pyrrole nitrogens is 1. The van der Waals surface area contributed by atoms with Crippen LogP contribution in [0.15, 0.2) is 0 Å². The summed E-state index contributed by atoms with van der Waals surface area (Å²) in [6.45, 7) is 4.47. The van der Waals surface area contributed by atoms with Gasteiger partial charge in [0.05, 0.1) is 0 Å². The van der Waals surface area contributed by atoms with Crippen molar-refractivity contribution >= 4 is 0 Å². The molecule has 2 heterocycles. The number of aromatic amines is 1. The minimum Gasteiger partial charge on any atom is -0.263 e. The molecule has 0 radical (unpaired) electrons. The molecule has 2 unspecified atom stereocenters. The maximum Gasteiger partial charge on any atom is 0.153 e. The lowest BCUT2D eigenvalue weighted by molar-refractivity contribution is 0.410. The van der Waals surface area contributed by atoms with Crippen molar-refractivity contribution in [2.24, 2.45) is 5.92 Å². The van der Waals surface area contributed by atoms with Crippen molar-refractivity contribution < 1.29 is 0 Å². The molecule has 0 aromatic carbocycles. The molecule has 1 aromatic heterocycles. The largest absolute Gasteiger partial charge is 0.263 e. The smallest absolute Gasteiger partial charge is 0.153 e. The maximum atomic E-state index is 4.58. The third kappa shape index (κ3) is 2.35. The van der Waals surface area contributed by atoms with Crippen molar-refractivity contribution in [2.75, 3.05) is 0 Å². The first-order valence-corrected chi connectivity index (χ1v) is 6.66. The van der Waals surface area contributed by atoms with Crippen molar-refractivity contribution in [1.29, 1.82) is 0 Å². The van der Waals surface area contributed by atoms with Crippen LogP contribution in [-0.2, 0) is 6.42 Å². The third-order valence-corrected chi connectivity index (χ3v) is 4.03. The number of hydrogen-bond acceptors (Lipinski definition) is 4. The van der Waals surface area contributed by atoms with Gasteiger partial charge in [-0.25, -0.2) is 4.98 Å². The Kier molecular flexibility index (Phi) is 2.88. The Morgan fingerprint density at radius 1 is 1.18 bits per heavy atom. The van der Waals surface area contributed by atoms with Crippen molar-refractivity contribution in [3.8, 4) is 0 Å². The monoisotopic (exact) mass is 235 g/mol. The van der Waals surface area contributed by atoms with Gasteiger partial charge in [-0.05, 0) is 39.0 Å². The van der Waals surface area contributed by atoms with Crippen LogP contribution in [0, 0.1) is 5.92 Å². The SMILES string of the molecule is CC1NNC(C)C1CCc1nc(C2CC2)n[nH]1. The van der Waals surface area contributed by atoms with E-state index in [-0.39, 0.29) is 0 Å². The molecule has 3 N–H and O–H groups in total. The molecule has 94 valence electrons. The van der Waals surface area contributed by atoms with Gasteiger partial charge in [0.1, 0.15) is 5.82 Å². The average molecular weight is 235 g/mol. The molecule has 2 fully saturated rings. The quantitative estimate of drug-likeness (QED) is 0.731. The zero-order valence-electron chi connectivity index (χ0n) is 10.5. The van der Waals surface area contributed by atoms with Crippen molar-refractivity contribution in [3.63, 3.8) is 0 Å². The molecule has 1 saturated heterocycles. The van der Waals surface area contributed by atoms with Crippen LogP contribution in [0.2, 0.25) is 0 Å². The van der Waals surface area contributed by atoms with E-state index >= 15 is 0 Å².